The minimum atomic E-state index is 0.870. The summed E-state index contributed by atoms with van der Waals surface area (Å²) in [6.07, 6.45) is 0. The van der Waals surface area contributed by atoms with Crippen molar-refractivity contribution in [2.24, 2.45) is 0 Å². The van der Waals surface area contributed by atoms with Gasteiger partial charge in [-0.3, -0.25) is 0 Å². The van der Waals surface area contributed by atoms with Crippen LogP contribution in [0.15, 0.2) is 217 Å². The van der Waals surface area contributed by atoms with Crippen LogP contribution in [0.1, 0.15) is 0 Å². The first-order valence-electron chi connectivity index (χ1n) is 18.4. The minimum absolute atomic E-state index is 0.870. The zero-order valence-corrected chi connectivity index (χ0v) is 29.6. The number of furan rings is 1. The van der Waals surface area contributed by atoms with E-state index < -0.39 is 0 Å². The fourth-order valence-corrected chi connectivity index (χ4v) is 7.73. The van der Waals surface area contributed by atoms with Crippen molar-refractivity contribution in [3.8, 4) is 44.5 Å². The Morgan fingerprint density at radius 3 is 1.22 bits per heavy atom. The van der Waals surface area contributed by atoms with Crippen LogP contribution < -0.4 is 4.90 Å². The summed E-state index contributed by atoms with van der Waals surface area (Å²) < 4.78 is 6.64. The van der Waals surface area contributed by atoms with Gasteiger partial charge in [0.05, 0.1) is 11.1 Å². The average Bonchev–Trinajstić information content (AvgIpc) is 3.65. The van der Waals surface area contributed by atoms with E-state index in [1.165, 1.54) is 49.9 Å². The van der Waals surface area contributed by atoms with Gasteiger partial charge in [-0.1, -0.05) is 170 Å². The van der Waals surface area contributed by atoms with E-state index in [0.29, 0.717) is 0 Å². The molecule has 2 heteroatoms. The van der Waals surface area contributed by atoms with Gasteiger partial charge in [0.25, 0.3) is 0 Å². The number of benzene rings is 9. The van der Waals surface area contributed by atoms with Crippen molar-refractivity contribution in [1.29, 1.82) is 0 Å². The predicted octanol–water partition coefficient (Wildman–Crippen LogP) is 14.9. The lowest BCUT2D eigenvalue weighted by Crippen LogP contribution is -2.10. The Bertz CT molecular complexity index is 2750. The monoisotopic (exact) mass is 689 g/mol. The standard InChI is InChI=1S/C52H35NO/c1-3-10-36(11-4-1)38-18-22-40(23-19-38)42-26-31-45(32-27-42)53(46-33-28-43(29-34-46)41-24-20-39(21-25-41)37-12-5-2-6-13-37)49-16-9-17-50-51(49)48-35-30-44-14-7-8-15-47(44)52(48)54-50/h1-35H. The van der Waals surface area contributed by atoms with Crippen LogP contribution in [0.3, 0.4) is 0 Å². The van der Waals surface area contributed by atoms with Crippen LogP contribution in [0.25, 0.3) is 77.2 Å². The van der Waals surface area contributed by atoms with Crippen molar-refractivity contribution in [3.63, 3.8) is 0 Å². The van der Waals surface area contributed by atoms with Crippen molar-refractivity contribution in [1.82, 2.24) is 0 Å². The first-order valence-corrected chi connectivity index (χ1v) is 18.4. The summed E-state index contributed by atoms with van der Waals surface area (Å²) >= 11 is 0. The van der Waals surface area contributed by atoms with Gasteiger partial charge in [-0.15, -0.1) is 0 Å². The lowest BCUT2D eigenvalue weighted by molar-refractivity contribution is 0.672. The van der Waals surface area contributed by atoms with Gasteiger partial charge in [0.15, 0.2) is 0 Å². The van der Waals surface area contributed by atoms with E-state index in [9.17, 15) is 0 Å². The second-order valence-electron chi connectivity index (χ2n) is 13.7. The fourth-order valence-electron chi connectivity index (χ4n) is 7.73. The molecule has 0 saturated carbocycles. The minimum Gasteiger partial charge on any atom is -0.455 e. The summed E-state index contributed by atoms with van der Waals surface area (Å²) in [5, 5.41) is 4.49. The van der Waals surface area contributed by atoms with Crippen LogP contribution in [0.2, 0.25) is 0 Å². The van der Waals surface area contributed by atoms with E-state index >= 15 is 0 Å². The smallest absolute Gasteiger partial charge is 0.143 e. The van der Waals surface area contributed by atoms with Crippen molar-refractivity contribution in [3.05, 3.63) is 212 Å². The zero-order valence-electron chi connectivity index (χ0n) is 29.6. The van der Waals surface area contributed by atoms with E-state index in [-0.39, 0.29) is 0 Å². The maximum absolute atomic E-state index is 6.64. The van der Waals surface area contributed by atoms with Gasteiger partial charge in [0.2, 0.25) is 0 Å². The Morgan fingerprint density at radius 1 is 0.296 bits per heavy atom. The molecule has 1 heterocycles. The second-order valence-corrected chi connectivity index (χ2v) is 13.7. The third-order valence-electron chi connectivity index (χ3n) is 10.5. The summed E-state index contributed by atoms with van der Waals surface area (Å²) in [6, 6.07) is 75.8. The fraction of sp³-hybridized carbons (Fsp3) is 0. The lowest BCUT2D eigenvalue weighted by Gasteiger charge is -2.26. The first-order chi connectivity index (χ1) is 26.8. The third kappa shape index (κ3) is 5.71. The van der Waals surface area contributed by atoms with Crippen LogP contribution in [-0.2, 0) is 0 Å². The largest absolute Gasteiger partial charge is 0.455 e. The first kappa shape index (κ1) is 31.6. The molecule has 254 valence electrons. The molecule has 0 bridgehead atoms. The summed E-state index contributed by atoms with van der Waals surface area (Å²) in [5.74, 6) is 0. The van der Waals surface area contributed by atoms with Gasteiger partial charge >= 0.3 is 0 Å². The van der Waals surface area contributed by atoms with Crippen molar-refractivity contribution in [2.75, 3.05) is 4.90 Å². The van der Waals surface area contributed by atoms with Crippen LogP contribution in [0.4, 0.5) is 17.1 Å². The molecule has 1 aromatic heterocycles. The van der Waals surface area contributed by atoms with Gasteiger partial charge in [0, 0.05) is 22.1 Å². The lowest BCUT2D eigenvalue weighted by atomic mass is 9.99. The molecule has 10 rings (SSSR count). The number of hydrogen-bond acceptors (Lipinski definition) is 2. The highest BCUT2D eigenvalue weighted by Crippen LogP contribution is 2.45. The van der Waals surface area contributed by atoms with Gasteiger partial charge in [0.1, 0.15) is 11.2 Å². The van der Waals surface area contributed by atoms with E-state index in [2.05, 4.69) is 217 Å². The number of rotatable bonds is 7. The van der Waals surface area contributed by atoms with E-state index in [4.69, 9.17) is 4.42 Å². The molecule has 54 heavy (non-hydrogen) atoms. The molecular weight excluding hydrogens is 655 g/mol. The van der Waals surface area contributed by atoms with E-state index in [0.717, 1.165) is 44.4 Å². The Balaban J connectivity index is 1.06. The van der Waals surface area contributed by atoms with Crippen LogP contribution in [0, 0.1) is 0 Å². The SMILES string of the molecule is c1ccc(-c2ccc(-c3ccc(N(c4ccc(-c5ccc(-c6ccccc6)cc5)cc4)c4cccc5oc6c7ccccc7ccc6c45)cc3)cc2)cc1. The molecule has 10 aromatic rings. The van der Waals surface area contributed by atoms with Gasteiger partial charge < -0.3 is 9.32 Å². The Morgan fingerprint density at radius 2 is 0.722 bits per heavy atom. The maximum atomic E-state index is 6.64. The summed E-state index contributed by atoms with van der Waals surface area (Å²) in [4.78, 5) is 2.36. The molecule has 0 saturated heterocycles. The zero-order chi connectivity index (χ0) is 35.8. The molecule has 0 aliphatic carbocycles. The molecule has 0 aliphatic rings. The number of hydrogen-bond donors (Lipinski definition) is 0. The van der Waals surface area contributed by atoms with Crippen molar-refractivity contribution in [2.45, 2.75) is 0 Å². The Kier molecular flexibility index (Phi) is 7.85. The Labute approximate surface area is 314 Å². The van der Waals surface area contributed by atoms with Crippen molar-refractivity contribution >= 4 is 49.8 Å². The number of fused-ring (bicyclic) bond motifs is 5. The number of anilines is 3. The molecular formula is C52H35NO. The highest BCUT2D eigenvalue weighted by molar-refractivity contribution is 6.19. The van der Waals surface area contributed by atoms with Gasteiger partial charge in [-0.2, -0.15) is 0 Å². The molecule has 0 radical (unpaired) electrons. The maximum Gasteiger partial charge on any atom is 0.143 e. The van der Waals surface area contributed by atoms with E-state index in [1.807, 2.05) is 0 Å². The summed E-state index contributed by atoms with van der Waals surface area (Å²) in [7, 11) is 0. The highest BCUT2D eigenvalue weighted by Gasteiger charge is 2.20. The van der Waals surface area contributed by atoms with Crippen LogP contribution >= 0.6 is 0 Å². The molecule has 2 nitrogen and oxygen atoms in total. The molecule has 0 spiro atoms. The molecule has 9 aromatic carbocycles. The van der Waals surface area contributed by atoms with Gasteiger partial charge in [-0.05, 0) is 92.4 Å². The molecule has 0 aliphatic heterocycles. The third-order valence-corrected chi connectivity index (χ3v) is 10.5. The molecule has 0 unspecified atom stereocenters. The average molecular weight is 690 g/mol. The number of nitrogens with zero attached hydrogens (tertiary/aromatic N) is 1. The molecule has 0 fully saturated rings. The highest BCUT2D eigenvalue weighted by atomic mass is 16.3. The molecule has 0 amide bonds. The summed E-state index contributed by atoms with van der Waals surface area (Å²) in [5.41, 5.74) is 14.6. The van der Waals surface area contributed by atoms with Crippen LogP contribution in [0.5, 0.6) is 0 Å². The summed E-state index contributed by atoms with van der Waals surface area (Å²) in [6.45, 7) is 0. The molecule has 0 N–H and O–H groups in total. The van der Waals surface area contributed by atoms with Crippen molar-refractivity contribution < 1.29 is 4.42 Å². The van der Waals surface area contributed by atoms with E-state index in [1.54, 1.807) is 0 Å². The molecule has 0 atom stereocenters. The quantitative estimate of drug-likeness (QED) is 0.166. The van der Waals surface area contributed by atoms with Gasteiger partial charge in [-0.25, -0.2) is 0 Å². The predicted molar refractivity (Wildman–Crippen MR) is 228 cm³/mol. The normalized spacial score (nSPS) is 11.3. The topological polar surface area (TPSA) is 16.4 Å². The van der Waals surface area contributed by atoms with Crippen LogP contribution in [-0.4, -0.2) is 0 Å². The second kappa shape index (κ2) is 13.4. The Hall–Kier alpha value is -7.16.